The zero-order valence-electron chi connectivity index (χ0n) is 21.2. The lowest BCUT2D eigenvalue weighted by molar-refractivity contribution is -0.172. The number of nitrogens with zero attached hydrogens (tertiary/aromatic N) is 1. The Balaban J connectivity index is 1.03. The van der Waals surface area contributed by atoms with E-state index in [4.69, 9.17) is 18.9 Å². The van der Waals surface area contributed by atoms with E-state index in [1.165, 1.54) is 32.4 Å². The molecule has 0 aromatic heterocycles. The maximum Gasteiger partial charge on any atom is 0.0631 e. The molecule has 5 heteroatoms. The molecule has 1 saturated heterocycles. The molecule has 0 aromatic carbocycles. The van der Waals surface area contributed by atoms with Gasteiger partial charge in [0.25, 0.3) is 0 Å². The molecule has 3 aliphatic rings. The molecule has 3 rings (SSSR count). The number of hydrogen-bond donors (Lipinski definition) is 0. The highest BCUT2D eigenvalue weighted by atomic mass is 16.5. The number of likely N-dealkylation sites (tertiary alicyclic amines) is 1. The molecule has 31 heavy (non-hydrogen) atoms. The Bertz CT molecular complexity index is 519. The van der Waals surface area contributed by atoms with Crippen LogP contribution in [-0.2, 0) is 18.9 Å². The first-order valence-electron chi connectivity index (χ1n) is 12.8. The summed E-state index contributed by atoms with van der Waals surface area (Å²) in [5.74, 6) is 0. The fraction of sp³-hybridized carbons (Fsp3) is 1.00. The molecule has 1 spiro atoms. The second-order valence-electron chi connectivity index (χ2n) is 12.3. The van der Waals surface area contributed by atoms with Gasteiger partial charge in [0.2, 0.25) is 0 Å². The van der Waals surface area contributed by atoms with E-state index in [9.17, 15) is 0 Å². The Kier molecular flexibility index (Phi) is 8.87. The maximum absolute atomic E-state index is 6.04. The van der Waals surface area contributed by atoms with Crippen LogP contribution in [-0.4, -0.2) is 73.9 Å². The van der Waals surface area contributed by atoms with Crippen molar-refractivity contribution in [3.63, 3.8) is 0 Å². The molecular weight excluding hydrogens is 390 g/mol. The normalized spacial score (nSPS) is 26.5. The first kappa shape index (κ1) is 25.4. The Hall–Kier alpha value is -0.200. The van der Waals surface area contributed by atoms with Gasteiger partial charge in [-0.2, -0.15) is 0 Å². The lowest BCUT2D eigenvalue weighted by Gasteiger charge is -2.62. The van der Waals surface area contributed by atoms with Gasteiger partial charge in [-0.3, -0.25) is 4.90 Å². The van der Waals surface area contributed by atoms with Crippen molar-refractivity contribution in [1.82, 2.24) is 4.90 Å². The summed E-state index contributed by atoms with van der Waals surface area (Å²) in [5, 5.41) is 0. The molecule has 0 bridgehead atoms. The van der Waals surface area contributed by atoms with Crippen LogP contribution in [0.3, 0.4) is 0 Å². The second kappa shape index (κ2) is 10.8. The first-order valence-corrected chi connectivity index (χ1v) is 12.8. The second-order valence-corrected chi connectivity index (χ2v) is 12.3. The highest BCUT2D eigenvalue weighted by Crippen LogP contribution is 2.51. The van der Waals surface area contributed by atoms with Crippen LogP contribution in [0.5, 0.6) is 0 Å². The van der Waals surface area contributed by atoms with E-state index < -0.39 is 0 Å². The van der Waals surface area contributed by atoms with E-state index in [0.717, 1.165) is 58.5 Å². The fourth-order valence-corrected chi connectivity index (χ4v) is 5.02. The van der Waals surface area contributed by atoms with E-state index in [0.29, 0.717) is 29.3 Å². The van der Waals surface area contributed by atoms with Crippen LogP contribution in [0.25, 0.3) is 0 Å². The Morgan fingerprint density at radius 2 is 1.29 bits per heavy atom. The van der Waals surface area contributed by atoms with E-state index in [1.807, 2.05) is 0 Å². The van der Waals surface area contributed by atoms with Gasteiger partial charge in [-0.1, -0.05) is 0 Å². The average Bonchev–Trinajstić information content (AvgIpc) is 2.54. The van der Waals surface area contributed by atoms with Crippen LogP contribution < -0.4 is 0 Å². The third-order valence-electron chi connectivity index (χ3n) is 6.97. The largest absolute Gasteiger partial charge is 0.381 e. The summed E-state index contributed by atoms with van der Waals surface area (Å²) >= 11 is 0. The molecule has 2 saturated carbocycles. The van der Waals surface area contributed by atoms with Gasteiger partial charge in [0, 0.05) is 50.5 Å². The lowest BCUT2D eigenvalue weighted by atomic mass is 9.61. The SMILES string of the molecule is CC(C)(C)OC1CC(OCCCCCOCCCOC2CC3(C2)CN(C(C)(C)C)C3)C1. The molecule has 0 atom stereocenters. The topological polar surface area (TPSA) is 40.2 Å². The van der Waals surface area contributed by atoms with Crippen molar-refractivity contribution >= 4 is 0 Å². The molecule has 0 N–H and O–H groups in total. The quantitative estimate of drug-likeness (QED) is 0.369. The molecule has 5 nitrogen and oxygen atoms in total. The maximum atomic E-state index is 6.04. The molecule has 182 valence electrons. The average molecular weight is 440 g/mol. The van der Waals surface area contributed by atoms with Gasteiger partial charge in [-0.05, 0) is 92.9 Å². The smallest absolute Gasteiger partial charge is 0.0631 e. The number of hydrogen-bond acceptors (Lipinski definition) is 5. The molecule has 3 fully saturated rings. The van der Waals surface area contributed by atoms with Crippen LogP contribution in [0.2, 0.25) is 0 Å². The number of ether oxygens (including phenoxy) is 4. The summed E-state index contributed by atoms with van der Waals surface area (Å²) in [6.45, 7) is 19.2. The number of rotatable bonds is 13. The molecule has 0 amide bonds. The monoisotopic (exact) mass is 439 g/mol. The zero-order valence-corrected chi connectivity index (χ0v) is 21.2. The zero-order chi connectivity index (χ0) is 22.5. The van der Waals surface area contributed by atoms with Crippen LogP contribution >= 0.6 is 0 Å². The minimum atomic E-state index is -0.0353. The third-order valence-corrected chi connectivity index (χ3v) is 6.97. The Morgan fingerprint density at radius 1 is 0.710 bits per heavy atom. The van der Waals surface area contributed by atoms with Crippen molar-refractivity contribution in [3.05, 3.63) is 0 Å². The predicted octanol–water partition coefficient (Wildman–Crippen LogP) is 5.21. The van der Waals surface area contributed by atoms with E-state index in [-0.39, 0.29) is 5.60 Å². The molecule has 1 aliphatic heterocycles. The summed E-state index contributed by atoms with van der Waals surface area (Å²) in [4.78, 5) is 2.59. The van der Waals surface area contributed by atoms with Gasteiger partial charge < -0.3 is 18.9 Å². The lowest BCUT2D eigenvalue weighted by Crippen LogP contribution is -2.68. The third kappa shape index (κ3) is 8.26. The predicted molar refractivity (Wildman–Crippen MR) is 126 cm³/mol. The summed E-state index contributed by atoms with van der Waals surface area (Å²) in [5.41, 5.74) is 0.869. The van der Waals surface area contributed by atoms with Crippen molar-refractivity contribution < 1.29 is 18.9 Å². The molecular formula is C26H49NO4. The van der Waals surface area contributed by atoms with E-state index in [1.54, 1.807) is 0 Å². The van der Waals surface area contributed by atoms with Crippen molar-refractivity contribution in [3.8, 4) is 0 Å². The number of unbranched alkanes of at least 4 members (excludes halogenated alkanes) is 2. The van der Waals surface area contributed by atoms with Gasteiger partial charge in [0.15, 0.2) is 0 Å². The fourth-order valence-electron chi connectivity index (χ4n) is 5.02. The van der Waals surface area contributed by atoms with Gasteiger partial charge >= 0.3 is 0 Å². The van der Waals surface area contributed by atoms with Crippen LogP contribution in [0.1, 0.15) is 92.9 Å². The molecule has 0 unspecified atom stereocenters. The van der Waals surface area contributed by atoms with Gasteiger partial charge in [-0.15, -0.1) is 0 Å². The molecule has 0 aromatic rings. The Labute approximate surface area is 191 Å². The molecule has 1 heterocycles. The molecule has 0 radical (unpaired) electrons. The van der Waals surface area contributed by atoms with Crippen LogP contribution in [0.4, 0.5) is 0 Å². The van der Waals surface area contributed by atoms with Gasteiger partial charge in [0.1, 0.15) is 0 Å². The minimum Gasteiger partial charge on any atom is -0.381 e. The van der Waals surface area contributed by atoms with Crippen LogP contribution in [0, 0.1) is 5.41 Å². The van der Waals surface area contributed by atoms with Gasteiger partial charge in [-0.25, -0.2) is 0 Å². The van der Waals surface area contributed by atoms with Crippen molar-refractivity contribution in [1.29, 1.82) is 0 Å². The summed E-state index contributed by atoms with van der Waals surface area (Å²) < 4.78 is 23.7. The van der Waals surface area contributed by atoms with Crippen molar-refractivity contribution in [2.45, 2.75) is 122 Å². The highest BCUT2D eigenvalue weighted by molar-refractivity contribution is 5.07. The van der Waals surface area contributed by atoms with E-state index >= 15 is 0 Å². The minimum absolute atomic E-state index is 0.0353. The molecule has 2 aliphatic carbocycles. The summed E-state index contributed by atoms with van der Waals surface area (Å²) in [7, 11) is 0. The highest BCUT2D eigenvalue weighted by Gasteiger charge is 2.54. The van der Waals surface area contributed by atoms with Crippen molar-refractivity contribution in [2.24, 2.45) is 5.41 Å². The van der Waals surface area contributed by atoms with Gasteiger partial charge in [0.05, 0.1) is 23.9 Å². The van der Waals surface area contributed by atoms with Crippen LogP contribution in [0.15, 0.2) is 0 Å². The van der Waals surface area contributed by atoms with Crippen molar-refractivity contribution in [2.75, 3.05) is 39.5 Å². The standard InChI is InChI=1S/C26H49NO4/c1-24(2,3)27-19-26(20-27)17-23(18-26)30-14-10-12-28-11-8-7-9-13-29-21-15-22(16-21)31-25(4,5)6/h21-23H,7-20H2,1-6H3. The summed E-state index contributed by atoms with van der Waals surface area (Å²) in [6.07, 6.45) is 10.4. The van der Waals surface area contributed by atoms with E-state index in [2.05, 4.69) is 46.4 Å². The summed E-state index contributed by atoms with van der Waals surface area (Å²) in [6, 6.07) is 0. The first-order chi connectivity index (χ1) is 14.5. The Morgan fingerprint density at radius 3 is 1.94 bits per heavy atom.